The number of furan rings is 1. The Labute approximate surface area is 171 Å². The van der Waals surface area contributed by atoms with Crippen LogP contribution < -0.4 is 20.9 Å². The zero-order chi connectivity index (χ0) is 21.5. The predicted molar refractivity (Wildman–Crippen MR) is 103 cm³/mol. The molecular formula is C20H20N4O6. The first-order chi connectivity index (χ1) is 14.4. The van der Waals surface area contributed by atoms with Gasteiger partial charge in [-0.25, -0.2) is 0 Å². The van der Waals surface area contributed by atoms with E-state index < -0.39 is 17.7 Å². The molecule has 0 radical (unpaired) electrons. The Balaban J connectivity index is 1.49. The largest absolute Gasteiger partial charge is 0.489 e. The minimum atomic E-state index is -1.01. The molecule has 0 saturated carbocycles. The zero-order valence-electron chi connectivity index (χ0n) is 16.4. The van der Waals surface area contributed by atoms with Gasteiger partial charge in [-0.2, -0.15) is 0 Å². The Bertz CT molecular complexity index is 1020. The van der Waals surface area contributed by atoms with E-state index in [9.17, 15) is 14.4 Å². The van der Waals surface area contributed by atoms with Gasteiger partial charge in [0, 0.05) is 5.56 Å². The Hall–Kier alpha value is -4.08. The lowest BCUT2D eigenvalue weighted by Crippen LogP contribution is -2.48. The van der Waals surface area contributed by atoms with Crippen LogP contribution in [-0.2, 0) is 22.7 Å². The van der Waals surface area contributed by atoms with Crippen LogP contribution in [0.25, 0.3) is 0 Å². The lowest BCUT2D eigenvalue weighted by atomic mass is 10.2. The van der Waals surface area contributed by atoms with E-state index in [1.807, 2.05) is 6.92 Å². The molecule has 0 atom stereocenters. The molecule has 30 heavy (non-hydrogen) atoms. The average molecular weight is 412 g/mol. The van der Waals surface area contributed by atoms with Crippen molar-refractivity contribution in [3.05, 3.63) is 71.0 Å². The second-order valence-corrected chi connectivity index (χ2v) is 6.29. The van der Waals surface area contributed by atoms with E-state index in [0.717, 1.165) is 11.3 Å². The van der Waals surface area contributed by atoms with Crippen molar-refractivity contribution < 1.29 is 28.1 Å². The first kappa shape index (κ1) is 20.6. The Morgan fingerprint density at radius 3 is 2.60 bits per heavy atom. The molecule has 10 heteroatoms. The summed E-state index contributed by atoms with van der Waals surface area (Å²) in [6.45, 7) is 3.89. The smallest absolute Gasteiger partial charge is 0.327 e. The molecule has 3 aromatic rings. The van der Waals surface area contributed by atoms with E-state index in [0.29, 0.717) is 17.3 Å². The summed E-state index contributed by atoms with van der Waals surface area (Å²) in [6, 6.07) is 9.69. The Morgan fingerprint density at radius 1 is 1.07 bits per heavy atom. The normalized spacial score (nSPS) is 10.3. The van der Waals surface area contributed by atoms with E-state index in [2.05, 4.69) is 21.3 Å². The number of nitrogens with zero attached hydrogens (tertiary/aromatic N) is 1. The number of carbonyl (C=O) groups excluding carboxylic acids is 3. The summed E-state index contributed by atoms with van der Waals surface area (Å²) in [5, 5.41) is 6.23. The molecule has 0 aliphatic heterocycles. The maximum Gasteiger partial charge on any atom is 0.327 e. The van der Waals surface area contributed by atoms with Crippen LogP contribution >= 0.6 is 0 Å². The van der Waals surface area contributed by atoms with Crippen LogP contribution in [0.5, 0.6) is 5.75 Å². The SMILES string of the molecule is Cc1noc(C)c1COc1cccc(C(=O)NNC(=O)C(=O)NCc2ccco2)c1. The van der Waals surface area contributed by atoms with Crippen LogP contribution in [0, 0.1) is 13.8 Å². The Morgan fingerprint density at radius 2 is 1.90 bits per heavy atom. The van der Waals surface area contributed by atoms with Gasteiger partial charge in [-0.1, -0.05) is 11.2 Å². The molecule has 10 nitrogen and oxygen atoms in total. The van der Waals surface area contributed by atoms with Crippen LogP contribution in [0.15, 0.2) is 51.6 Å². The van der Waals surface area contributed by atoms with Crippen molar-refractivity contribution in [2.75, 3.05) is 0 Å². The molecule has 0 saturated heterocycles. The number of aromatic nitrogens is 1. The number of ether oxygens (including phenoxy) is 1. The van der Waals surface area contributed by atoms with Crippen molar-refractivity contribution in [3.63, 3.8) is 0 Å². The number of benzene rings is 1. The maximum atomic E-state index is 12.3. The molecule has 2 heterocycles. The number of amides is 3. The zero-order valence-corrected chi connectivity index (χ0v) is 16.4. The van der Waals surface area contributed by atoms with Gasteiger partial charge in [0.1, 0.15) is 23.9 Å². The van der Waals surface area contributed by atoms with Gasteiger partial charge in [-0.15, -0.1) is 0 Å². The van der Waals surface area contributed by atoms with Gasteiger partial charge in [-0.05, 0) is 44.2 Å². The first-order valence-corrected chi connectivity index (χ1v) is 8.99. The van der Waals surface area contributed by atoms with Gasteiger partial charge in [0.25, 0.3) is 5.91 Å². The molecule has 1 aromatic carbocycles. The van der Waals surface area contributed by atoms with E-state index in [4.69, 9.17) is 13.7 Å². The second kappa shape index (κ2) is 9.41. The average Bonchev–Trinajstić information content (AvgIpc) is 3.38. The number of nitrogens with one attached hydrogen (secondary N) is 3. The molecule has 0 fully saturated rings. The lowest BCUT2D eigenvalue weighted by molar-refractivity contribution is -0.139. The summed E-state index contributed by atoms with van der Waals surface area (Å²) in [6.07, 6.45) is 1.45. The highest BCUT2D eigenvalue weighted by Crippen LogP contribution is 2.18. The van der Waals surface area contributed by atoms with E-state index in [-0.39, 0.29) is 18.7 Å². The molecule has 3 N–H and O–H groups in total. The highest BCUT2D eigenvalue weighted by atomic mass is 16.5. The number of aryl methyl sites for hydroxylation is 2. The van der Waals surface area contributed by atoms with Gasteiger partial charge >= 0.3 is 11.8 Å². The summed E-state index contributed by atoms with van der Waals surface area (Å²) in [5.74, 6) is -0.929. The fourth-order valence-corrected chi connectivity index (χ4v) is 2.49. The molecule has 0 aliphatic carbocycles. The second-order valence-electron chi connectivity index (χ2n) is 6.29. The predicted octanol–water partition coefficient (Wildman–Crippen LogP) is 1.54. The minimum absolute atomic E-state index is 0.0533. The van der Waals surface area contributed by atoms with Gasteiger partial charge in [0.15, 0.2) is 0 Å². The quantitative estimate of drug-likeness (QED) is 0.413. The first-order valence-electron chi connectivity index (χ1n) is 8.99. The third kappa shape index (κ3) is 5.25. The van der Waals surface area contributed by atoms with E-state index in [1.165, 1.54) is 12.3 Å². The summed E-state index contributed by atoms with van der Waals surface area (Å²) in [5.41, 5.74) is 6.04. The van der Waals surface area contributed by atoms with Gasteiger partial charge in [0.2, 0.25) is 0 Å². The third-order valence-corrected chi connectivity index (χ3v) is 4.16. The molecule has 0 aliphatic rings. The van der Waals surface area contributed by atoms with Crippen LogP contribution in [0.4, 0.5) is 0 Å². The summed E-state index contributed by atoms with van der Waals surface area (Å²) < 4.78 is 15.8. The molecule has 3 rings (SSSR count). The van der Waals surface area contributed by atoms with Crippen LogP contribution in [0.2, 0.25) is 0 Å². The molecule has 156 valence electrons. The molecule has 3 amide bonds. The summed E-state index contributed by atoms with van der Waals surface area (Å²) in [7, 11) is 0. The molecule has 0 spiro atoms. The number of hydrazine groups is 1. The van der Waals surface area contributed by atoms with E-state index in [1.54, 1.807) is 37.3 Å². The third-order valence-electron chi connectivity index (χ3n) is 4.16. The summed E-state index contributed by atoms with van der Waals surface area (Å²) in [4.78, 5) is 35.8. The standard InChI is InChI=1S/C20H20N4O6/c1-12-17(13(2)30-24-12)11-29-15-6-3-5-14(9-15)18(25)22-23-20(27)19(26)21-10-16-7-4-8-28-16/h3-9H,10-11H2,1-2H3,(H,21,26)(H,22,25)(H,23,27). The fraction of sp³-hybridized carbons (Fsp3) is 0.200. The van der Waals surface area contributed by atoms with Crippen molar-refractivity contribution in [1.29, 1.82) is 0 Å². The number of hydrogen-bond donors (Lipinski definition) is 3. The van der Waals surface area contributed by atoms with Crippen LogP contribution in [-0.4, -0.2) is 22.9 Å². The van der Waals surface area contributed by atoms with Crippen molar-refractivity contribution in [2.45, 2.75) is 27.0 Å². The minimum Gasteiger partial charge on any atom is -0.489 e. The van der Waals surface area contributed by atoms with Gasteiger partial charge < -0.3 is 19.0 Å². The monoisotopic (exact) mass is 412 g/mol. The molecule has 2 aromatic heterocycles. The molecule has 0 bridgehead atoms. The molecular weight excluding hydrogens is 392 g/mol. The van der Waals surface area contributed by atoms with Crippen LogP contribution in [0.1, 0.15) is 33.1 Å². The lowest BCUT2D eigenvalue weighted by Gasteiger charge is -2.09. The van der Waals surface area contributed by atoms with Crippen molar-refractivity contribution >= 4 is 17.7 Å². The number of rotatable bonds is 6. The number of hydrogen-bond acceptors (Lipinski definition) is 7. The van der Waals surface area contributed by atoms with Gasteiger partial charge in [0.05, 0.1) is 24.1 Å². The molecule has 0 unspecified atom stereocenters. The fourth-order valence-electron chi connectivity index (χ4n) is 2.49. The Kier molecular flexibility index (Phi) is 6.48. The topological polar surface area (TPSA) is 136 Å². The van der Waals surface area contributed by atoms with E-state index >= 15 is 0 Å². The highest BCUT2D eigenvalue weighted by Gasteiger charge is 2.16. The van der Waals surface area contributed by atoms with Crippen molar-refractivity contribution in [1.82, 2.24) is 21.3 Å². The van der Waals surface area contributed by atoms with Crippen LogP contribution in [0.3, 0.4) is 0 Å². The number of carbonyl (C=O) groups is 3. The summed E-state index contributed by atoms with van der Waals surface area (Å²) >= 11 is 0. The van der Waals surface area contributed by atoms with Gasteiger partial charge in [-0.3, -0.25) is 25.2 Å². The maximum absolute atomic E-state index is 12.3. The highest BCUT2D eigenvalue weighted by molar-refractivity contribution is 6.35. The van der Waals surface area contributed by atoms with Crippen molar-refractivity contribution in [2.24, 2.45) is 0 Å². The van der Waals surface area contributed by atoms with Crippen molar-refractivity contribution in [3.8, 4) is 5.75 Å².